The molecule has 0 saturated heterocycles. The van der Waals surface area contributed by atoms with Crippen LogP contribution in [-0.2, 0) is 12.8 Å². The molecular formula is C20H31IN4O2S. The Hall–Kier alpha value is -1.55. The molecule has 1 aromatic heterocycles. The third-order valence-corrected chi connectivity index (χ3v) is 5.32. The molecule has 0 fully saturated rings. The quantitative estimate of drug-likeness (QED) is 0.301. The number of aryl methyl sites for hydroxylation is 2. The van der Waals surface area contributed by atoms with Crippen molar-refractivity contribution in [3.63, 3.8) is 0 Å². The van der Waals surface area contributed by atoms with E-state index in [1.54, 1.807) is 25.6 Å². The Labute approximate surface area is 189 Å². The molecule has 8 heteroatoms. The Kier molecular flexibility index (Phi) is 11.2. The number of ether oxygens (including phenoxy) is 2. The van der Waals surface area contributed by atoms with Gasteiger partial charge < -0.3 is 20.1 Å². The lowest BCUT2D eigenvalue weighted by Gasteiger charge is -2.13. The van der Waals surface area contributed by atoms with Crippen LogP contribution in [0, 0.1) is 13.8 Å². The number of benzene rings is 1. The average Bonchev–Trinajstić information content (AvgIpc) is 2.99. The maximum absolute atomic E-state index is 5.44. The molecule has 1 aromatic carbocycles. The average molecular weight is 518 g/mol. The number of nitrogens with zero attached hydrogens (tertiary/aromatic N) is 2. The number of hydrogen-bond donors (Lipinski definition) is 2. The number of methoxy groups -OCH3 is 2. The molecule has 2 aromatic rings. The van der Waals surface area contributed by atoms with Crippen LogP contribution in [0.5, 0.6) is 11.5 Å². The van der Waals surface area contributed by atoms with Crippen molar-refractivity contribution < 1.29 is 9.47 Å². The summed E-state index contributed by atoms with van der Waals surface area (Å²) in [5.41, 5.74) is 2.23. The Morgan fingerprint density at radius 1 is 1.14 bits per heavy atom. The fourth-order valence-electron chi connectivity index (χ4n) is 2.64. The third-order valence-electron chi connectivity index (χ3n) is 4.19. The fourth-order valence-corrected chi connectivity index (χ4v) is 3.57. The van der Waals surface area contributed by atoms with E-state index in [2.05, 4.69) is 41.4 Å². The maximum atomic E-state index is 5.44. The van der Waals surface area contributed by atoms with Crippen molar-refractivity contribution in [3.8, 4) is 11.5 Å². The summed E-state index contributed by atoms with van der Waals surface area (Å²) < 4.78 is 10.7. The lowest BCUT2D eigenvalue weighted by atomic mass is 10.1. The number of guanidine groups is 1. The van der Waals surface area contributed by atoms with Crippen LogP contribution in [0.15, 0.2) is 23.2 Å². The molecule has 0 radical (unpaired) electrons. The zero-order valence-electron chi connectivity index (χ0n) is 17.3. The van der Waals surface area contributed by atoms with Crippen LogP contribution in [0.25, 0.3) is 0 Å². The molecule has 0 saturated carbocycles. The molecule has 0 aliphatic rings. The van der Waals surface area contributed by atoms with Crippen LogP contribution < -0.4 is 20.1 Å². The molecule has 156 valence electrons. The summed E-state index contributed by atoms with van der Waals surface area (Å²) in [7, 11) is 3.36. The van der Waals surface area contributed by atoms with Gasteiger partial charge in [-0.15, -0.1) is 35.3 Å². The summed E-state index contributed by atoms with van der Waals surface area (Å²) in [6.45, 7) is 8.52. The molecule has 0 aliphatic heterocycles. The molecule has 0 aliphatic carbocycles. The fraction of sp³-hybridized carbons (Fsp3) is 0.500. The van der Waals surface area contributed by atoms with Gasteiger partial charge in [0.2, 0.25) is 0 Å². The van der Waals surface area contributed by atoms with E-state index in [-0.39, 0.29) is 24.0 Å². The van der Waals surface area contributed by atoms with Crippen molar-refractivity contribution in [1.82, 2.24) is 15.6 Å². The van der Waals surface area contributed by atoms with Crippen molar-refractivity contribution >= 4 is 41.3 Å². The van der Waals surface area contributed by atoms with Crippen LogP contribution in [0.4, 0.5) is 0 Å². The summed E-state index contributed by atoms with van der Waals surface area (Å²) >= 11 is 1.76. The molecule has 1 heterocycles. The van der Waals surface area contributed by atoms with Crippen molar-refractivity contribution in [1.29, 1.82) is 0 Å². The second-order valence-corrected chi connectivity index (χ2v) is 7.40. The molecule has 2 rings (SSSR count). The lowest BCUT2D eigenvalue weighted by Crippen LogP contribution is -2.38. The van der Waals surface area contributed by atoms with E-state index in [0.29, 0.717) is 6.54 Å². The van der Waals surface area contributed by atoms with Gasteiger partial charge in [-0.05, 0) is 51.0 Å². The second kappa shape index (κ2) is 12.8. The highest BCUT2D eigenvalue weighted by molar-refractivity contribution is 14.0. The highest BCUT2D eigenvalue weighted by Crippen LogP contribution is 2.24. The van der Waals surface area contributed by atoms with Crippen molar-refractivity contribution in [2.45, 2.75) is 33.6 Å². The number of nitrogens with one attached hydrogen (secondary N) is 2. The van der Waals surface area contributed by atoms with E-state index in [4.69, 9.17) is 9.47 Å². The topological polar surface area (TPSA) is 67.8 Å². The zero-order valence-corrected chi connectivity index (χ0v) is 20.4. The molecule has 0 spiro atoms. The molecule has 6 nitrogen and oxygen atoms in total. The molecule has 2 N–H and O–H groups in total. The van der Waals surface area contributed by atoms with Gasteiger partial charge in [0.25, 0.3) is 0 Å². The Morgan fingerprint density at radius 3 is 2.54 bits per heavy atom. The van der Waals surface area contributed by atoms with E-state index in [1.807, 2.05) is 18.2 Å². The molecule has 0 amide bonds. The third kappa shape index (κ3) is 7.46. The summed E-state index contributed by atoms with van der Waals surface area (Å²) in [6.07, 6.45) is 1.68. The van der Waals surface area contributed by atoms with Gasteiger partial charge in [-0.1, -0.05) is 0 Å². The largest absolute Gasteiger partial charge is 0.497 e. The number of hydrogen-bond acceptors (Lipinski definition) is 5. The number of aliphatic imine (C=N–C) groups is 1. The Balaban J connectivity index is 0.00000392. The van der Waals surface area contributed by atoms with Gasteiger partial charge in [-0.3, -0.25) is 4.99 Å². The van der Waals surface area contributed by atoms with Crippen LogP contribution in [-0.4, -0.2) is 44.8 Å². The first-order chi connectivity index (χ1) is 13.1. The molecule has 0 bridgehead atoms. The second-order valence-electron chi connectivity index (χ2n) is 6.11. The van der Waals surface area contributed by atoms with E-state index in [9.17, 15) is 0 Å². The Morgan fingerprint density at radius 2 is 1.93 bits per heavy atom. The maximum Gasteiger partial charge on any atom is 0.191 e. The van der Waals surface area contributed by atoms with Crippen LogP contribution >= 0.6 is 35.3 Å². The van der Waals surface area contributed by atoms with E-state index >= 15 is 0 Å². The minimum atomic E-state index is 0. The van der Waals surface area contributed by atoms with Gasteiger partial charge in [-0.25, -0.2) is 4.98 Å². The van der Waals surface area contributed by atoms with Gasteiger partial charge >= 0.3 is 0 Å². The van der Waals surface area contributed by atoms with Crippen LogP contribution in [0.1, 0.15) is 28.1 Å². The van der Waals surface area contributed by atoms with Crippen LogP contribution in [0.2, 0.25) is 0 Å². The summed E-state index contributed by atoms with van der Waals surface area (Å²) in [5, 5.41) is 7.82. The summed E-state index contributed by atoms with van der Waals surface area (Å²) in [6, 6.07) is 5.85. The smallest absolute Gasteiger partial charge is 0.191 e. The van der Waals surface area contributed by atoms with Crippen LogP contribution in [0.3, 0.4) is 0 Å². The van der Waals surface area contributed by atoms with Gasteiger partial charge in [-0.2, -0.15) is 0 Å². The number of rotatable bonds is 9. The minimum absolute atomic E-state index is 0. The lowest BCUT2D eigenvalue weighted by molar-refractivity contribution is 0.398. The van der Waals surface area contributed by atoms with E-state index < -0.39 is 0 Å². The predicted octanol–water partition coefficient (Wildman–Crippen LogP) is 3.74. The van der Waals surface area contributed by atoms with Crippen molar-refractivity contribution in [2.75, 3.05) is 33.9 Å². The predicted molar refractivity (Wildman–Crippen MR) is 128 cm³/mol. The van der Waals surface area contributed by atoms with Gasteiger partial charge in [0, 0.05) is 30.9 Å². The van der Waals surface area contributed by atoms with Gasteiger partial charge in [0.05, 0.1) is 24.9 Å². The van der Waals surface area contributed by atoms with Crippen molar-refractivity contribution in [2.24, 2.45) is 4.99 Å². The number of aromatic nitrogens is 1. The number of thiazole rings is 1. The molecule has 0 unspecified atom stereocenters. The number of halogens is 1. The van der Waals surface area contributed by atoms with Gasteiger partial charge in [0.1, 0.15) is 11.5 Å². The highest BCUT2D eigenvalue weighted by Gasteiger charge is 2.06. The van der Waals surface area contributed by atoms with E-state index in [1.165, 1.54) is 4.88 Å². The first kappa shape index (κ1) is 24.5. The Bertz CT molecular complexity index is 745. The molecule has 0 atom stereocenters. The monoisotopic (exact) mass is 518 g/mol. The van der Waals surface area contributed by atoms with Crippen molar-refractivity contribution in [3.05, 3.63) is 39.3 Å². The normalized spacial score (nSPS) is 11.0. The minimum Gasteiger partial charge on any atom is -0.497 e. The summed E-state index contributed by atoms with van der Waals surface area (Å²) in [5.74, 6) is 2.53. The summed E-state index contributed by atoms with van der Waals surface area (Å²) in [4.78, 5) is 10.5. The first-order valence-electron chi connectivity index (χ1n) is 9.23. The van der Waals surface area contributed by atoms with E-state index in [0.717, 1.165) is 59.7 Å². The first-order valence-corrected chi connectivity index (χ1v) is 10.0. The standard InChI is InChI=1S/C20H30N4O2S.HI/c1-6-21-20(23-12-10-19-24-14(2)15(3)27-19)22-11-9-16-13-17(25-4)7-8-18(16)26-5;/h7-8,13H,6,9-12H2,1-5H3,(H2,21,22,23);1H. The SMILES string of the molecule is CCNC(=NCCc1nc(C)c(C)s1)NCCc1cc(OC)ccc1OC.I. The molecular weight excluding hydrogens is 487 g/mol. The zero-order chi connectivity index (χ0) is 19.6. The van der Waals surface area contributed by atoms with Gasteiger partial charge in [0.15, 0.2) is 5.96 Å². The highest BCUT2D eigenvalue weighted by atomic mass is 127. The molecule has 28 heavy (non-hydrogen) atoms.